The SMILES string of the molecule is CCN(CCCCS(=O)(=O)O)c1ccc(/N=N/c2c(C#N)c(C(C)(C)C)nn2-c2c(Cl)cc(NC(=O)c3cccc(S(=O)(=O)O)c3)cc2Cl)c(NC(C)=O)c1. The second-order valence-corrected chi connectivity index (χ2v) is 17.0. The first-order chi connectivity index (χ1) is 25.6. The molecular weight excluding hydrogens is 795 g/mol. The maximum atomic E-state index is 13.0. The third kappa shape index (κ3) is 11.1. The van der Waals surface area contributed by atoms with Gasteiger partial charge in [0.2, 0.25) is 5.91 Å². The van der Waals surface area contributed by atoms with Gasteiger partial charge in [0.25, 0.3) is 26.1 Å². The molecule has 0 bridgehead atoms. The molecule has 4 rings (SSSR count). The average molecular weight is 834 g/mol. The summed E-state index contributed by atoms with van der Waals surface area (Å²) < 4.78 is 65.1. The number of rotatable bonds is 14. The third-order valence-corrected chi connectivity index (χ3v) is 10.2. The lowest BCUT2D eigenvalue weighted by Gasteiger charge is -2.24. The zero-order valence-electron chi connectivity index (χ0n) is 30.3. The smallest absolute Gasteiger partial charge is 0.294 e. The van der Waals surface area contributed by atoms with Crippen LogP contribution in [0.4, 0.5) is 28.6 Å². The number of carbonyl (C=O) groups excluding carboxylic acids is 2. The van der Waals surface area contributed by atoms with E-state index in [4.69, 9.17) is 27.8 Å². The number of hydrogen-bond acceptors (Lipinski definition) is 11. The van der Waals surface area contributed by atoms with Crippen LogP contribution >= 0.6 is 23.2 Å². The minimum atomic E-state index is -4.56. The Morgan fingerprint density at radius 2 is 1.65 bits per heavy atom. The Morgan fingerprint density at radius 3 is 2.22 bits per heavy atom. The highest BCUT2D eigenvalue weighted by Gasteiger charge is 2.30. The number of unbranched alkanes of at least 4 members (excludes halogenated alkanes) is 1. The molecule has 0 radical (unpaired) electrons. The number of anilines is 3. The molecule has 4 N–H and O–H groups in total. The molecule has 0 fully saturated rings. The summed E-state index contributed by atoms with van der Waals surface area (Å²) in [6, 6.07) is 14.7. The number of azo groups is 1. The number of nitriles is 1. The van der Waals surface area contributed by atoms with Gasteiger partial charge < -0.3 is 15.5 Å². The van der Waals surface area contributed by atoms with Gasteiger partial charge in [-0.15, -0.1) is 10.2 Å². The molecule has 1 aromatic heterocycles. The molecule has 0 aliphatic carbocycles. The zero-order valence-corrected chi connectivity index (χ0v) is 33.5. The fraction of sp³-hybridized carbons (Fsp3) is 0.314. The molecule has 292 valence electrons. The van der Waals surface area contributed by atoms with Crippen molar-refractivity contribution in [1.82, 2.24) is 9.78 Å². The number of nitrogens with zero attached hydrogens (tertiary/aromatic N) is 6. The first kappa shape index (κ1) is 42.8. The van der Waals surface area contributed by atoms with Gasteiger partial charge in [-0.05, 0) is 68.3 Å². The summed E-state index contributed by atoms with van der Waals surface area (Å²) in [4.78, 5) is 26.7. The van der Waals surface area contributed by atoms with E-state index in [1.807, 2.05) is 32.6 Å². The van der Waals surface area contributed by atoms with Gasteiger partial charge >= 0.3 is 0 Å². The van der Waals surface area contributed by atoms with Crippen molar-refractivity contribution in [3.05, 3.63) is 81.5 Å². The van der Waals surface area contributed by atoms with Crippen LogP contribution in [0.1, 0.15) is 69.1 Å². The van der Waals surface area contributed by atoms with E-state index in [0.717, 1.165) is 12.1 Å². The first-order valence-electron chi connectivity index (χ1n) is 16.6. The molecule has 0 spiro atoms. The molecule has 0 unspecified atom stereocenters. The lowest BCUT2D eigenvalue weighted by atomic mass is 9.90. The van der Waals surface area contributed by atoms with Crippen LogP contribution < -0.4 is 15.5 Å². The van der Waals surface area contributed by atoms with Gasteiger partial charge in [0, 0.05) is 42.4 Å². The zero-order chi connectivity index (χ0) is 40.9. The van der Waals surface area contributed by atoms with Crippen molar-refractivity contribution in [2.75, 3.05) is 34.4 Å². The molecule has 0 saturated heterocycles. The van der Waals surface area contributed by atoms with Crippen molar-refractivity contribution in [2.45, 2.75) is 57.8 Å². The van der Waals surface area contributed by atoms with Crippen molar-refractivity contribution in [2.24, 2.45) is 10.2 Å². The number of nitrogens with one attached hydrogen (secondary N) is 2. The van der Waals surface area contributed by atoms with Crippen molar-refractivity contribution in [1.29, 1.82) is 5.26 Å². The van der Waals surface area contributed by atoms with E-state index in [1.165, 1.54) is 35.9 Å². The van der Waals surface area contributed by atoms with Crippen LogP contribution in [-0.2, 0) is 30.4 Å². The van der Waals surface area contributed by atoms with E-state index in [1.54, 1.807) is 18.2 Å². The van der Waals surface area contributed by atoms with Gasteiger partial charge in [0.1, 0.15) is 23.0 Å². The summed E-state index contributed by atoms with van der Waals surface area (Å²) in [6.45, 7) is 9.79. The Balaban J connectivity index is 1.75. The van der Waals surface area contributed by atoms with Crippen LogP contribution in [0.2, 0.25) is 10.0 Å². The predicted octanol–water partition coefficient (Wildman–Crippen LogP) is 7.72. The van der Waals surface area contributed by atoms with Crippen LogP contribution in [0.15, 0.2) is 69.7 Å². The highest BCUT2D eigenvalue weighted by Crippen LogP contribution is 2.40. The Bertz CT molecular complexity index is 2400. The number of aromatic nitrogens is 2. The number of benzene rings is 3. The lowest BCUT2D eigenvalue weighted by molar-refractivity contribution is -0.114. The van der Waals surface area contributed by atoms with Crippen molar-refractivity contribution in [3.8, 4) is 11.8 Å². The Kier molecular flexibility index (Phi) is 13.5. The Labute approximate surface area is 328 Å². The monoisotopic (exact) mass is 832 g/mol. The van der Waals surface area contributed by atoms with Crippen LogP contribution in [0, 0.1) is 11.3 Å². The van der Waals surface area contributed by atoms with Gasteiger partial charge in [-0.3, -0.25) is 18.7 Å². The van der Waals surface area contributed by atoms with Gasteiger partial charge in [0.05, 0.1) is 32.1 Å². The fourth-order valence-corrected chi connectivity index (χ4v) is 7.12. The molecule has 2 amide bonds. The van der Waals surface area contributed by atoms with Crippen LogP contribution in [0.5, 0.6) is 0 Å². The number of hydrogen-bond donors (Lipinski definition) is 4. The maximum Gasteiger partial charge on any atom is 0.294 e. The Morgan fingerprint density at radius 1 is 0.982 bits per heavy atom. The normalized spacial score (nSPS) is 12.1. The molecule has 0 saturated carbocycles. The molecule has 0 aliphatic heterocycles. The number of amides is 2. The third-order valence-electron chi connectivity index (χ3n) is 7.93. The molecule has 55 heavy (non-hydrogen) atoms. The summed E-state index contributed by atoms with van der Waals surface area (Å²) in [6.07, 6.45) is 0.732. The topological polar surface area (TPSA) is 237 Å². The fourth-order valence-electron chi connectivity index (χ4n) is 5.38. The van der Waals surface area contributed by atoms with Crippen LogP contribution in [-0.4, -0.2) is 66.4 Å². The number of halogens is 2. The summed E-state index contributed by atoms with van der Waals surface area (Å²) in [5, 5.41) is 29.1. The highest BCUT2D eigenvalue weighted by molar-refractivity contribution is 7.86. The second kappa shape index (κ2) is 17.3. The molecule has 16 nitrogen and oxygen atoms in total. The molecular formula is C35H38Cl2N8O8S2. The molecule has 0 atom stereocenters. The average Bonchev–Trinajstić information content (AvgIpc) is 3.45. The molecule has 4 aromatic rings. The summed E-state index contributed by atoms with van der Waals surface area (Å²) in [7, 11) is -8.63. The van der Waals surface area contributed by atoms with Gasteiger partial charge in [-0.25, -0.2) is 4.68 Å². The maximum absolute atomic E-state index is 13.0. The summed E-state index contributed by atoms with van der Waals surface area (Å²) >= 11 is 13.5. The van der Waals surface area contributed by atoms with E-state index in [9.17, 15) is 36.2 Å². The van der Waals surface area contributed by atoms with Gasteiger partial charge in [0.15, 0.2) is 5.82 Å². The van der Waals surface area contributed by atoms with Crippen molar-refractivity contribution >= 4 is 83.8 Å². The number of carbonyl (C=O) groups is 2. The Hall–Kier alpha value is -4.90. The summed E-state index contributed by atoms with van der Waals surface area (Å²) in [5.74, 6) is -1.50. The predicted molar refractivity (Wildman–Crippen MR) is 210 cm³/mol. The minimum absolute atomic E-state index is 0.0158. The molecule has 0 aliphatic rings. The van der Waals surface area contributed by atoms with Gasteiger partial charge in [-0.2, -0.15) is 27.2 Å². The largest absolute Gasteiger partial charge is 0.372 e. The quantitative estimate of drug-likeness (QED) is 0.0545. The van der Waals surface area contributed by atoms with E-state index in [-0.39, 0.29) is 62.1 Å². The van der Waals surface area contributed by atoms with Crippen molar-refractivity contribution in [3.63, 3.8) is 0 Å². The minimum Gasteiger partial charge on any atom is -0.372 e. The van der Waals surface area contributed by atoms with Crippen LogP contribution in [0.25, 0.3) is 5.69 Å². The van der Waals surface area contributed by atoms with E-state index < -0.39 is 36.5 Å². The second-order valence-electron chi connectivity index (χ2n) is 13.2. The highest BCUT2D eigenvalue weighted by atomic mass is 35.5. The lowest BCUT2D eigenvalue weighted by Crippen LogP contribution is -2.24. The van der Waals surface area contributed by atoms with E-state index >= 15 is 0 Å². The molecule has 20 heteroatoms. The van der Waals surface area contributed by atoms with Crippen LogP contribution in [0.3, 0.4) is 0 Å². The first-order valence-corrected chi connectivity index (χ1v) is 20.4. The molecule has 3 aromatic carbocycles. The van der Waals surface area contributed by atoms with Crippen molar-refractivity contribution < 1.29 is 35.5 Å². The standard InChI is InChI=1S/C35H38Cl2N8O8S2/c1-6-44(14-7-8-15-54(48,49)50)24-12-13-29(30(19-24)39-21(2)46)41-42-33-26(20-38)32(35(3,4)5)43-45(33)31-27(36)17-23(18-28(31)37)40-34(47)22-10-9-11-25(16-22)55(51,52)53/h9-13,16-19H,6-8,14-15H2,1-5H3,(H,39,46)(H,40,47)(H,48,49,50)(H,51,52,53)/b42-41+. The van der Waals surface area contributed by atoms with E-state index in [2.05, 4.69) is 32.0 Å². The van der Waals surface area contributed by atoms with E-state index in [0.29, 0.717) is 36.6 Å². The molecule has 1 heterocycles. The summed E-state index contributed by atoms with van der Waals surface area (Å²) in [5.41, 5.74) is 1.13. The van der Waals surface area contributed by atoms with Gasteiger partial charge in [-0.1, -0.05) is 50.0 Å².